The third-order valence-corrected chi connectivity index (χ3v) is 5.20. The van der Waals surface area contributed by atoms with Crippen LogP contribution in [-0.4, -0.2) is 69.0 Å². The van der Waals surface area contributed by atoms with Crippen LogP contribution in [0.15, 0.2) is 36.7 Å². The second kappa shape index (κ2) is 9.55. The molecule has 3 atom stereocenters. The quantitative estimate of drug-likeness (QED) is 0.710. The van der Waals surface area contributed by atoms with Crippen LogP contribution >= 0.6 is 0 Å². The van der Waals surface area contributed by atoms with Gasteiger partial charge in [-0.15, -0.1) is 0 Å². The third kappa shape index (κ3) is 5.18. The first-order chi connectivity index (χ1) is 15.1. The van der Waals surface area contributed by atoms with Crippen LogP contribution in [0.4, 0.5) is 17.6 Å². The zero-order valence-electron chi connectivity index (χ0n) is 17.0. The molecule has 3 heterocycles. The van der Waals surface area contributed by atoms with Crippen molar-refractivity contribution in [1.82, 2.24) is 14.5 Å². The largest absolute Gasteiger partial charge is 0.490 e. The normalized spacial score (nSPS) is 22.5. The lowest BCUT2D eigenvalue weighted by molar-refractivity contribution is -0.192. The molecular formula is C20H21F4N3O5. The van der Waals surface area contributed by atoms with Gasteiger partial charge in [-0.05, 0) is 37.1 Å². The summed E-state index contributed by atoms with van der Waals surface area (Å²) in [5, 5.41) is 7.12. The van der Waals surface area contributed by atoms with Crippen molar-refractivity contribution < 1.29 is 41.7 Å². The Morgan fingerprint density at radius 1 is 1.25 bits per heavy atom. The first kappa shape index (κ1) is 23.5. The molecule has 4 rings (SSSR count). The topological polar surface area (TPSA) is 93.9 Å². The number of hydrogen-bond donors (Lipinski definition) is 1. The van der Waals surface area contributed by atoms with Crippen molar-refractivity contribution in [3.63, 3.8) is 0 Å². The minimum Gasteiger partial charge on any atom is -0.475 e. The molecule has 1 aliphatic heterocycles. The molecule has 1 saturated carbocycles. The molecule has 1 saturated heterocycles. The van der Waals surface area contributed by atoms with E-state index in [9.17, 15) is 22.4 Å². The van der Waals surface area contributed by atoms with E-state index in [1.54, 1.807) is 15.5 Å². The molecule has 8 nitrogen and oxygen atoms in total. The fourth-order valence-corrected chi connectivity index (χ4v) is 3.71. The van der Waals surface area contributed by atoms with Crippen LogP contribution in [0.5, 0.6) is 5.88 Å². The number of aromatic nitrogens is 2. The van der Waals surface area contributed by atoms with E-state index in [1.165, 1.54) is 18.3 Å². The van der Waals surface area contributed by atoms with Gasteiger partial charge in [-0.25, -0.2) is 14.2 Å². The van der Waals surface area contributed by atoms with E-state index < -0.39 is 24.1 Å². The number of carboxylic acids is 1. The molecule has 174 valence electrons. The number of carboxylic acid groups (broad SMARTS) is 1. The third-order valence-electron chi connectivity index (χ3n) is 5.20. The second-order valence-corrected chi connectivity index (χ2v) is 7.23. The number of aliphatic carboxylic acids is 1. The highest BCUT2D eigenvalue weighted by atomic mass is 19.4. The summed E-state index contributed by atoms with van der Waals surface area (Å²) in [6.45, 7) is 0.942. The standard InChI is InChI=1S/C18H20FN3O3.C2HF3O2/c1-21-9-3-5-14(21)18(23)22-10-11-24-15-7-6-13(22)16(15)25-17-12(19)4-2-8-20-17;3-2(4,5)1(6)7/h2-5,8-9,13,15-16H,6-7,10-11H2,1H3;(H,6,7). The van der Waals surface area contributed by atoms with Crippen LogP contribution in [0.3, 0.4) is 0 Å². The number of nitrogens with zero attached hydrogens (tertiary/aromatic N) is 3. The summed E-state index contributed by atoms with van der Waals surface area (Å²) >= 11 is 0. The number of carbonyl (C=O) groups is 2. The van der Waals surface area contributed by atoms with Crippen molar-refractivity contribution in [2.75, 3.05) is 13.2 Å². The van der Waals surface area contributed by atoms with Gasteiger partial charge in [0.25, 0.3) is 11.8 Å². The summed E-state index contributed by atoms with van der Waals surface area (Å²) in [7, 11) is 1.84. The van der Waals surface area contributed by atoms with Gasteiger partial charge < -0.3 is 24.0 Å². The van der Waals surface area contributed by atoms with Crippen molar-refractivity contribution in [3.8, 4) is 5.88 Å². The van der Waals surface area contributed by atoms with Crippen molar-refractivity contribution >= 4 is 11.9 Å². The van der Waals surface area contributed by atoms with Crippen LogP contribution in [-0.2, 0) is 16.6 Å². The Morgan fingerprint density at radius 3 is 2.56 bits per heavy atom. The molecule has 1 amide bonds. The molecule has 2 bridgehead atoms. The van der Waals surface area contributed by atoms with Gasteiger partial charge in [0.1, 0.15) is 11.8 Å². The molecule has 1 aliphatic carbocycles. The molecule has 3 unspecified atom stereocenters. The monoisotopic (exact) mass is 459 g/mol. The fraction of sp³-hybridized carbons (Fsp3) is 0.450. The Hall–Kier alpha value is -3.15. The smallest absolute Gasteiger partial charge is 0.475 e. The van der Waals surface area contributed by atoms with Gasteiger partial charge in [0, 0.05) is 26.0 Å². The highest BCUT2D eigenvalue weighted by molar-refractivity contribution is 5.93. The van der Waals surface area contributed by atoms with Gasteiger partial charge in [0.05, 0.1) is 18.8 Å². The zero-order valence-corrected chi connectivity index (χ0v) is 17.0. The van der Waals surface area contributed by atoms with Gasteiger partial charge in [-0.2, -0.15) is 13.2 Å². The number of carbonyl (C=O) groups excluding carboxylic acids is 1. The number of halogens is 4. The summed E-state index contributed by atoms with van der Waals surface area (Å²) in [6.07, 6.45) is -0.782. The molecule has 0 spiro atoms. The average molecular weight is 459 g/mol. The van der Waals surface area contributed by atoms with Gasteiger partial charge in [0.15, 0.2) is 5.82 Å². The molecule has 0 aromatic carbocycles. The Balaban J connectivity index is 0.000000360. The minimum atomic E-state index is -5.08. The number of amides is 1. The predicted molar refractivity (Wildman–Crippen MR) is 102 cm³/mol. The second-order valence-electron chi connectivity index (χ2n) is 7.23. The van der Waals surface area contributed by atoms with E-state index in [0.717, 1.165) is 12.8 Å². The van der Waals surface area contributed by atoms with Crippen LogP contribution in [0.25, 0.3) is 0 Å². The summed E-state index contributed by atoms with van der Waals surface area (Å²) in [4.78, 5) is 27.7. The lowest BCUT2D eigenvalue weighted by Crippen LogP contribution is -2.48. The Labute approximate surface area is 180 Å². The number of ether oxygens (including phenoxy) is 2. The molecule has 12 heteroatoms. The zero-order chi connectivity index (χ0) is 23.5. The first-order valence-corrected chi connectivity index (χ1v) is 9.70. The SMILES string of the molecule is Cn1cccc1C(=O)N1CCOC2CCC1C2Oc1ncccc1F.O=C(O)C(F)(F)F. The molecule has 1 N–H and O–H groups in total. The van der Waals surface area contributed by atoms with Gasteiger partial charge in [-0.1, -0.05) is 0 Å². The number of pyridine rings is 1. The van der Waals surface area contributed by atoms with E-state index >= 15 is 0 Å². The van der Waals surface area contributed by atoms with E-state index in [1.807, 2.05) is 19.3 Å². The molecule has 2 fully saturated rings. The maximum atomic E-state index is 13.9. The molecular weight excluding hydrogens is 438 g/mol. The maximum Gasteiger partial charge on any atom is 0.490 e. The highest BCUT2D eigenvalue weighted by Crippen LogP contribution is 2.33. The molecule has 32 heavy (non-hydrogen) atoms. The average Bonchev–Trinajstić information content (AvgIpc) is 3.26. The fourth-order valence-electron chi connectivity index (χ4n) is 3.71. The van der Waals surface area contributed by atoms with E-state index in [0.29, 0.717) is 18.8 Å². The van der Waals surface area contributed by atoms with E-state index in [-0.39, 0.29) is 23.9 Å². The summed E-state index contributed by atoms with van der Waals surface area (Å²) in [5.74, 6) is -3.36. The minimum absolute atomic E-state index is 0.0406. The first-order valence-electron chi connectivity index (χ1n) is 9.70. The van der Waals surface area contributed by atoms with Gasteiger partial charge >= 0.3 is 12.1 Å². The van der Waals surface area contributed by atoms with Gasteiger partial charge in [-0.3, -0.25) is 4.79 Å². The molecule has 0 radical (unpaired) electrons. The van der Waals surface area contributed by atoms with E-state index in [4.69, 9.17) is 19.4 Å². The molecule has 2 aliphatic rings. The number of fused-ring (bicyclic) bond motifs is 2. The predicted octanol–water partition coefficient (Wildman–Crippen LogP) is 2.64. The van der Waals surface area contributed by atoms with Crippen molar-refractivity contribution in [2.45, 2.75) is 37.3 Å². The lowest BCUT2D eigenvalue weighted by Gasteiger charge is -2.31. The highest BCUT2D eigenvalue weighted by Gasteiger charge is 2.46. The van der Waals surface area contributed by atoms with Crippen molar-refractivity contribution in [3.05, 3.63) is 48.2 Å². The number of hydrogen-bond acceptors (Lipinski definition) is 5. The molecule has 2 aromatic heterocycles. The van der Waals surface area contributed by atoms with E-state index in [2.05, 4.69) is 4.98 Å². The summed E-state index contributed by atoms with van der Waals surface area (Å²) < 4.78 is 59.2. The number of alkyl halides is 3. The van der Waals surface area contributed by atoms with Crippen LogP contribution < -0.4 is 4.74 Å². The maximum absolute atomic E-state index is 13.9. The summed E-state index contributed by atoms with van der Waals surface area (Å²) in [6, 6.07) is 6.32. The van der Waals surface area contributed by atoms with Crippen molar-refractivity contribution in [2.24, 2.45) is 7.05 Å². The number of aryl methyl sites for hydroxylation is 1. The Kier molecular flexibility index (Phi) is 7.02. The molecule has 2 aromatic rings. The van der Waals surface area contributed by atoms with Crippen LogP contribution in [0.2, 0.25) is 0 Å². The van der Waals surface area contributed by atoms with Crippen molar-refractivity contribution in [1.29, 1.82) is 0 Å². The van der Waals surface area contributed by atoms with Crippen LogP contribution in [0.1, 0.15) is 23.3 Å². The lowest BCUT2D eigenvalue weighted by atomic mass is 10.1. The van der Waals surface area contributed by atoms with Gasteiger partial charge in [0.2, 0.25) is 0 Å². The Morgan fingerprint density at radius 2 is 1.97 bits per heavy atom. The van der Waals surface area contributed by atoms with Crippen LogP contribution in [0, 0.1) is 5.82 Å². The summed E-state index contributed by atoms with van der Waals surface area (Å²) in [5.41, 5.74) is 0.619. The number of rotatable bonds is 3. The Bertz CT molecular complexity index is 965.